The van der Waals surface area contributed by atoms with E-state index in [1.165, 1.54) is 0 Å². The van der Waals surface area contributed by atoms with Gasteiger partial charge in [-0.1, -0.05) is 12.1 Å². The number of anilines is 3. The minimum absolute atomic E-state index is 0.569. The van der Waals surface area contributed by atoms with E-state index in [0.29, 0.717) is 11.6 Å². The zero-order chi connectivity index (χ0) is 13.9. The molecule has 20 heavy (non-hydrogen) atoms. The molecular weight excluding hydrogens is 272 g/mol. The van der Waals surface area contributed by atoms with Crippen LogP contribution in [-0.4, -0.2) is 20.6 Å². The highest BCUT2D eigenvalue weighted by atomic mass is 32.2. The fourth-order valence-corrected chi connectivity index (χ4v) is 2.51. The molecule has 2 heterocycles. The van der Waals surface area contributed by atoms with E-state index in [0.717, 1.165) is 16.2 Å². The van der Waals surface area contributed by atoms with Gasteiger partial charge in [0.25, 0.3) is 0 Å². The van der Waals surface area contributed by atoms with Gasteiger partial charge in [-0.05, 0) is 18.4 Å². The molecule has 0 saturated carbocycles. The molecule has 2 aromatic heterocycles. The molecule has 0 spiro atoms. The van der Waals surface area contributed by atoms with Crippen molar-refractivity contribution in [1.29, 1.82) is 0 Å². The molecule has 0 aliphatic heterocycles. The van der Waals surface area contributed by atoms with Crippen molar-refractivity contribution in [1.82, 2.24) is 14.4 Å². The van der Waals surface area contributed by atoms with Gasteiger partial charge < -0.3 is 15.1 Å². The molecule has 3 rings (SSSR count). The standard InChI is InChI=1S/C13H14N6S/c1-20-10-5-3-2-4-9(10)16-12-13-15-6-7-19(13)8-11(17-12)18-14/h2-8,18H,14H2,1H3,(H,16,17). The summed E-state index contributed by atoms with van der Waals surface area (Å²) in [5.74, 6) is 6.68. The first-order valence-corrected chi connectivity index (χ1v) is 7.24. The largest absolute Gasteiger partial charge is 0.336 e. The second kappa shape index (κ2) is 5.40. The van der Waals surface area contributed by atoms with Gasteiger partial charge in [-0.2, -0.15) is 0 Å². The lowest BCUT2D eigenvalue weighted by molar-refractivity contribution is 1.11. The van der Waals surface area contributed by atoms with E-state index in [1.54, 1.807) is 24.2 Å². The lowest BCUT2D eigenvalue weighted by atomic mass is 10.3. The number of thioether (sulfide) groups is 1. The van der Waals surface area contributed by atoms with Crippen molar-refractivity contribution in [2.75, 3.05) is 17.0 Å². The normalized spacial score (nSPS) is 10.7. The van der Waals surface area contributed by atoms with Crippen LogP contribution >= 0.6 is 11.8 Å². The van der Waals surface area contributed by atoms with Crippen molar-refractivity contribution in [2.45, 2.75) is 4.90 Å². The van der Waals surface area contributed by atoms with E-state index in [4.69, 9.17) is 5.84 Å². The Labute approximate surface area is 120 Å². The third-order valence-electron chi connectivity index (χ3n) is 2.88. The molecule has 6 nitrogen and oxygen atoms in total. The molecule has 102 valence electrons. The van der Waals surface area contributed by atoms with Crippen LogP contribution in [0.5, 0.6) is 0 Å². The van der Waals surface area contributed by atoms with E-state index < -0.39 is 0 Å². The molecule has 0 fully saturated rings. The Morgan fingerprint density at radius 2 is 2.15 bits per heavy atom. The van der Waals surface area contributed by atoms with Crippen LogP contribution in [0.15, 0.2) is 47.8 Å². The van der Waals surface area contributed by atoms with Crippen LogP contribution in [0.25, 0.3) is 5.65 Å². The van der Waals surface area contributed by atoms with Gasteiger partial charge in [0, 0.05) is 17.3 Å². The Morgan fingerprint density at radius 1 is 1.30 bits per heavy atom. The Kier molecular flexibility index (Phi) is 3.44. The van der Waals surface area contributed by atoms with Gasteiger partial charge in [-0.25, -0.2) is 15.8 Å². The lowest BCUT2D eigenvalue weighted by Crippen LogP contribution is -2.11. The summed E-state index contributed by atoms with van der Waals surface area (Å²) in [5, 5.41) is 3.32. The molecule has 0 aliphatic carbocycles. The number of para-hydroxylation sites is 1. The van der Waals surface area contributed by atoms with Crippen molar-refractivity contribution in [3.63, 3.8) is 0 Å². The zero-order valence-electron chi connectivity index (χ0n) is 10.9. The van der Waals surface area contributed by atoms with E-state index >= 15 is 0 Å². The summed E-state index contributed by atoms with van der Waals surface area (Å²) < 4.78 is 1.87. The predicted molar refractivity (Wildman–Crippen MR) is 82.3 cm³/mol. The minimum Gasteiger partial charge on any atom is -0.336 e. The van der Waals surface area contributed by atoms with E-state index in [2.05, 4.69) is 26.8 Å². The summed E-state index contributed by atoms with van der Waals surface area (Å²) in [7, 11) is 0. The van der Waals surface area contributed by atoms with E-state index in [1.807, 2.05) is 35.1 Å². The van der Waals surface area contributed by atoms with Crippen LogP contribution in [-0.2, 0) is 0 Å². The first kappa shape index (κ1) is 12.8. The number of imidazole rings is 1. The number of fused-ring (bicyclic) bond motifs is 1. The Hall–Kier alpha value is -2.25. The summed E-state index contributed by atoms with van der Waals surface area (Å²) in [6.45, 7) is 0. The van der Waals surface area contributed by atoms with Gasteiger partial charge in [-0.15, -0.1) is 11.8 Å². The first-order chi connectivity index (χ1) is 9.81. The van der Waals surface area contributed by atoms with Crippen molar-refractivity contribution < 1.29 is 0 Å². The highest BCUT2D eigenvalue weighted by Crippen LogP contribution is 2.28. The predicted octanol–water partition coefficient (Wildman–Crippen LogP) is 2.48. The zero-order valence-corrected chi connectivity index (χ0v) is 11.7. The Bertz CT molecular complexity index is 739. The number of rotatable bonds is 4. The summed E-state index contributed by atoms with van der Waals surface area (Å²) in [5.41, 5.74) is 4.30. The van der Waals surface area contributed by atoms with Gasteiger partial charge in [0.1, 0.15) is 0 Å². The van der Waals surface area contributed by atoms with Gasteiger partial charge >= 0.3 is 0 Å². The Morgan fingerprint density at radius 3 is 2.95 bits per heavy atom. The maximum Gasteiger partial charge on any atom is 0.180 e. The number of nitrogens with zero attached hydrogens (tertiary/aromatic N) is 3. The van der Waals surface area contributed by atoms with Crippen molar-refractivity contribution in [3.8, 4) is 0 Å². The monoisotopic (exact) mass is 286 g/mol. The van der Waals surface area contributed by atoms with E-state index in [9.17, 15) is 0 Å². The number of nitrogens with one attached hydrogen (secondary N) is 2. The van der Waals surface area contributed by atoms with Gasteiger partial charge in [0.2, 0.25) is 0 Å². The fraction of sp³-hybridized carbons (Fsp3) is 0.0769. The second-order valence-corrected chi connectivity index (χ2v) is 4.95. The quantitative estimate of drug-likeness (QED) is 0.388. The molecule has 0 unspecified atom stereocenters. The number of nitrogens with two attached hydrogens (primary N) is 1. The van der Waals surface area contributed by atoms with Crippen LogP contribution in [0.3, 0.4) is 0 Å². The molecule has 0 aliphatic rings. The van der Waals surface area contributed by atoms with Crippen molar-refractivity contribution >= 4 is 34.7 Å². The molecule has 3 aromatic rings. The molecule has 0 saturated heterocycles. The maximum atomic E-state index is 5.45. The molecule has 4 N–H and O–H groups in total. The SMILES string of the molecule is CSc1ccccc1Nc1nc(NN)cn2ccnc12. The number of hydrazine groups is 1. The van der Waals surface area contributed by atoms with Gasteiger partial charge in [0.05, 0.1) is 11.9 Å². The summed E-state index contributed by atoms with van der Waals surface area (Å²) in [6.07, 6.45) is 7.40. The molecule has 0 atom stereocenters. The molecule has 1 aromatic carbocycles. The minimum atomic E-state index is 0.569. The number of benzene rings is 1. The van der Waals surface area contributed by atoms with Crippen LogP contribution < -0.4 is 16.6 Å². The number of hydrogen-bond donors (Lipinski definition) is 3. The third kappa shape index (κ3) is 2.28. The number of aromatic nitrogens is 3. The number of nitrogen functional groups attached to an aromatic ring is 1. The maximum absolute atomic E-state index is 5.45. The third-order valence-corrected chi connectivity index (χ3v) is 3.68. The summed E-state index contributed by atoms with van der Waals surface area (Å²) in [4.78, 5) is 9.87. The summed E-state index contributed by atoms with van der Waals surface area (Å²) >= 11 is 1.67. The van der Waals surface area contributed by atoms with Crippen LogP contribution in [0.4, 0.5) is 17.3 Å². The molecule has 0 radical (unpaired) electrons. The van der Waals surface area contributed by atoms with Crippen LogP contribution in [0.1, 0.15) is 0 Å². The van der Waals surface area contributed by atoms with Crippen LogP contribution in [0.2, 0.25) is 0 Å². The first-order valence-electron chi connectivity index (χ1n) is 6.02. The fourth-order valence-electron chi connectivity index (χ4n) is 1.96. The van der Waals surface area contributed by atoms with Gasteiger partial charge in [-0.3, -0.25) is 0 Å². The highest BCUT2D eigenvalue weighted by molar-refractivity contribution is 7.98. The number of hydrogen-bond acceptors (Lipinski definition) is 6. The molecular formula is C13H14N6S. The van der Waals surface area contributed by atoms with Crippen LogP contribution in [0, 0.1) is 0 Å². The average Bonchev–Trinajstić information content (AvgIpc) is 2.96. The summed E-state index contributed by atoms with van der Waals surface area (Å²) in [6, 6.07) is 8.06. The topological polar surface area (TPSA) is 80.3 Å². The molecule has 0 bridgehead atoms. The smallest absolute Gasteiger partial charge is 0.180 e. The van der Waals surface area contributed by atoms with Crippen molar-refractivity contribution in [3.05, 3.63) is 42.9 Å². The lowest BCUT2D eigenvalue weighted by Gasteiger charge is -2.11. The second-order valence-electron chi connectivity index (χ2n) is 4.10. The van der Waals surface area contributed by atoms with E-state index in [-0.39, 0.29) is 0 Å². The highest BCUT2D eigenvalue weighted by Gasteiger charge is 2.09. The average molecular weight is 286 g/mol. The Balaban J connectivity index is 2.07. The van der Waals surface area contributed by atoms with Crippen molar-refractivity contribution in [2.24, 2.45) is 5.84 Å². The molecule has 0 amide bonds. The van der Waals surface area contributed by atoms with Gasteiger partial charge in [0.15, 0.2) is 17.3 Å². The molecule has 7 heteroatoms.